The van der Waals surface area contributed by atoms with Crippen molar-refractivity contribution in [1.82, 2.24) is 4.98 Å². The van der Waals surface area contributed by atoms with Crippen LogP contribution in [0.4, 0.5) is 0 Å². The van der Waals surface area contributed by atoms with Crippen LogP contribution in [0.3, 0.4) is 0 Å². The molecule has 3 N–H and O–H groups in total. The predicted octanol–water partition coefficient (Wildman–Crippen LogP) is -0.693. The first-order valence-corrected chi connectivity index (χ1v) is 7.78. The molecule has 0 bridgehead atoms. The maximum Gasteiger partial charge on any atom is 0.336 e. The topological polar surface area (TPSA) is 146 Å². The molecule has 0 unspecified atom stereocenters. The van der Waals surface area contributed by atoms with Crippen LogP contribution in [-0.2, 0) is 14.6 Å². The molecule has 0 aliphatic carbocycles. The summed E-state index contributed by atoms with van der Waals surface area (Å²) in [4.78, 5) is 15.6. The summed E-state index contributed by atoms with van der Waals surface area (Å²) in [6.45, 7) is -0.202. The lowest BCUT2D eigenvalue weighted by atomic mass is 10.1. The molecular weight excluding hydrogens is 326 g/mol. The fourth-order valence-electron chi connectivity index (χ4n) is 1.85. The molecule has 122 valence electrons. The molecular formula is C13H13N3O6S. The average Bonchev–Trinajstić information content (AvgIpc) is 2.48. The van der Waals surface area contributed by atoms with Crippen LogP contribution < -0.4 is 5.43 Å². The third-order valence-corrected chi connectivity index (χ3v) is 3.21. The number of carboxylic acids is 1. The SMILES string of the molecule is O=C(O)c1cc(/C=N/[NH2+]CCOS(=O)(=O)[O-])nc2ccccc12. The number of benzene rings is 1. The number of pyridine rings is 1. The Bertz CT molecular complexity index is 850. The zero-order valence-corrected chi connectivity index (χ0v) is 12.6. The van der Waals surface area contributed by atoms with Crippen LogP contribution >= 0.6 is 0 Å². The van der Waals surface area contributed by atoms with E-state index in [1.165, 1.54) is 17.7 Å². The number of rotatable bonds is 7. The number of fused-ring (bicyclic) bond motifs is 1. The fourth-order valence-corrected chi connectivity index (χ4v) is 2.15. The highest BCUT2D eigenvalue weighted by Gasteiger charge is 2.10. The van der Waals surface area contributed by atoms with E-state index < -0.39 is 16.4 Å². The largest absolute Gasteiger partial charge is 0.726 e. The molecule has 10 heteroatoms. The molecule has 2 rings (SSSR count). The Morgan fingerprint density at radius 3 is 2.87 bits per heavy atom. The lowest BCUT2D eigenvalue weighted by molar-refractivity contribution is -0.661. The molecule has 0 spiro atoms. The van der Waals surface area contributed by atoms with Gasteiger partial charge in [-0.3, -0.25) is 4.18 Å². The van der Waals surface area contributed by atoms with E-state index in [0.29, 0.717) is 16.6 Å². The molecule has 0 fully saturated rings. The van der Waals surface area contributed by atoms with E-state index in [2.05, 4.69) is 14.3 Å². The van der Waals surface area contributed by atoms with Crippen LogP contribution in [0.5, 0.6) is 0 Å². The highest BCUT2D eigenvalue weighted by molar-refractivity contribution is 7.80. The van der Waals surface area contributed by atoms with Gasteiger partial charge in [-0.25, -0.2) is 23.6 Å². The quantitative estimate of drug-likeness (QED) is 0.169. The van der Waals surface area contributed by atoms with Crippen LogP contribution in [0.25, 0.3) is 10.9 Å². The average molecular weight is 339 g/mol. The highest BCUT2D eigenvalue weighted by atomic mass is 32.3. The van der Waals surface area contributed by atoms with Gasteiger partial charge >= 0.3 is 5.97 Å². The van der Waals surface area contributed by atoms with Crippen molar-refractivity contribution in [3.8, 4) is 0 Å². The van der Waals surface area contributed by atoms with E-state index >= 15 is 0 Å². The minimum absolute atomic E-state index is 0.108. The monoisotopic (exact) mass is 339 g/mol. The van der Waals surface area contributed by atoms with E-state index in [1.54, 1.807) is 24.3 Å². The Balaban J connectivity index is 2.08. The Morgan fingerprint density at radius 2 is 2.17 bits per heavy atom. The number of hydrogen-bond donors (Lipinski definition) is 2. The van der Waals surface area contributed by atoms with Gasteiger partial charge in [0.15, 0.2) is 0 Å². The summed E-state index contributed by atoms with van der Waals surface area (Å²) in [6, 6.07) is 8.21. The molecule has 1 heterocycles. The Kier molecular flexibility index (Phi) is 5.34. The number of carbonyl (C=O) groups is 1. The minimum atomic E-state index is -4.70. The van der Waals surface area contributed by atoms with Crippen molar-refractivity contribution in [1.29, 1.82) is 0 Å². The number of quaternary nitrogens is 1. The molecule has 1 aromatic heterocycles. The van der Waals surface area contributed by atoms with Gasteiger partial charge in [0.2, 0.25) is 10.4 Å². The van der Waals surface area contributed by atoms with Gasteiger partial charge in [0.1, 0.15) is 19.4 Å². The summed E-state index contributed by atoms with van der Waals surface area (Å²) in [5.41, 5.74) is 2.31. The maximum atomic E-state index is 11.3. The first-order valence-electron chi connectivity index (χ1n) is 6.45. The van der Waals surface area contributed by atoms with Crippen molar-refractivity contribution in [3.05, 3.63) is 41.6 Å². The Morgan fingerprint density at radius 1 is 1.43 bits per heavy atom. The lowest BCUT2D eigenvalue weighted by Crippen LogP contribution is -2.79. The second kappa shape index (κ2) is 7.24. The van der Waals surface area contributed by atoms with Crippen molar-refractivity contribution in [2.75, 3.05) is 13.2 Å². The van der Waals surface area contributed by atoms with Gasteiger partial charge < -0.3 is 9.66 Å². The van der Waals surface area contributed by atoms with Crippen molar-refractivity contribution < 1.29 is 32.5 Å². The maximum absolute atomic E-state index is 11.3. The van der Waals surface area contributed by atoms with Crippen LogP contribution in [0.15, 0.2) is 35.4 Å². The van der Waals surface area contributed by atoms with Gasteiger partial charge in [0.25, 0.3) is 0 Å². The van der Waals surface area contributed by atoms with Crippen LogP contribution in [0, 0.1) is 0 Å². The van der Waals surface area contributed by atoms with Crippen molar-refractivity contribution in [3.63, 3.8) is 0 Å². The van der Waals surface area contributed by atoms with E-state index in [1.807, 2.05) is 0 Å². The van der Waals surface area contributed by atoms with E-state index in [-0.39, 0.29) is 18.7 Å². The number of nitrogens with two attached hydrogens (primary N) is 1. The van der Waals surface area contributed by atoms with E-state index in [4.69, 9.17) is 0 Å². The van der Waals surface area contributed by atoms with Crippen LogP contribution in [0.2, 0.25) is 0 Å². The first-order chi connectivity index (χ1) is 10.9. The molecule has 0 radical (unpaired) electrons. The van der Waals surface area contributed by atoms with Crippen molar-refractivity contribution >= 4 is 33.5 Å². The van der Waals surface area contributed by atoms with Gasteiger partial charge in [0.05, 0.1) is 16.8 Å². The Labute approximate surface area is 131 Å². The third kappa shape index (κ3) is 5.07. The molecule has 1 aromatic carbocycles. The number of hydrogen-bond acceptors (Lipinski definition) is 7. The van der Waals surface area contributed by atoms with Gasteiger partial charge in [-0.15, -0.1) is 0 Å². The van der Waals surface area contributed by atoms with Gasteiger partial charge in [-0.05, 0) is 12.1 Å². The van der Waals surface area contributed by atoms with Crippen molar-refractivity contribution in [2.45, 2.75) is 0 Å². The Hall–Kier alpha value is -2.40. The second-order valence-electron chi connectivity index (χ2n) is 4.40. The summed E-state index contributed by atoms with van der Waals surface area (Å²) in [7, 11) is -4.70. The highest BCUT2D eigenvalue weighted by Crippen LogP contribution is 2.17. The zero-order valence-electron chi connectivity index (χ0n) is 11.7. The molecule has 0 amide bonds. The second-order valence-corrected chi connectivity index (χ2v) is 5.45. The van der Waals surface area contributed by atoms with Crippen molar-refractivity contribution in [2.24, 2.45) is 5.10 Å². The lowest BCUT2D eigenvalue weighted by Gasteiger charge is -2.05. The summed E-state index contributed by atoms with van der Waals surface area (Å²) in [5, 5.41) is 13.7. The number of carboxylic acid groups (broad SMARTS) is 1. The smallest absolute Gasteiger partial charge is 0.336 e. The van der Waals surface area contributed by atoms with E-state index in [0.717, 1.165) is 0 Å². The summed E-state index contributed by atoms with van der Waals surface area (Å²) in [6.07, 6.45) is 1.34. The third-order valence-electron chi connectivity index (χ3n) is 2.75. The van der Waals surface area contributed by atoms with Gasteiger partial charge in [0, 0.05) is 5.39 Å². The molecule has 0 aliphatic heterocycles. The number of nitrogens with zero attached hydrogens (tertiary/aromatic N) is 2. The molecule has 0 aliphatic rings. The predicted molar refractivity (Wildman–Crippen MR) is 78.7 cm³/mol. The molecule has 9 nitrogen and oxygen atoms in total. The molecule has 0 saturated heterocycles. The molecule has 0 atom stereocenters. The minimum Gasteiger partial charge on any atom is -0.726 e. The normalized spacial score (nSPS) is 12.0. The zero-order chi connectivity index (χ0) is 16.9. The first kappa shape index (κ1) is 17.0. The van der Waals surface area contributed by atoms with E-state index in [9.17, 15) is 22.9 Å². The molecule has 2 aromatic rings. The van der Waals surface area contributed by atoms with Crippen LogP contribution in [-0.4, -0.2) is 48.4 Å². The summed E-state index contributed by atoms with van der Waals surface area (Å²) in [5.74, 6) is -1.07. The number of para-hydroxylation sites is 1. The standard InChI is InChI=1S/C13H13N3O6S/c17-13(18)11-7-9(16-12-4-2-1-3-10(11)12)8-15-14-5-6-22-23(19,20)21/h1-4,7-8,14H,5-6H2,(H,17,18)(H,19,20,21)/b15-8+. The number of aromatic nitrogens is 1. The van der Waals surface area contributed by atoms with Gasteiger partial charge in [-0.1, -0.05) is 23.3 Å². The van der Waals surface area contributed by atoms with Gasteiger partial charge in [-0.2, -0.15) is 0 Å². The summed E-state index contributed by atoms with van der Waals surface area (Å²) >= 11 is 0. The summed E-state index contributed by atoms with van der Waals surface area (Å²) < 4.78 is 34.7. The molecule has 23 heavy (non-hydrogen) atoms. The van der Waals surface area contributed by atoms with Crippen LogP contribution in [0.1, 0.15) is 16.1 Å². The molecule has 0 saturated carbocycles. The fraction of sp³-hybridized carbons (Fsp3) is 0.154. The number of aromatic carboxylic acids is 1.